The Morgan fingerprint density at radius 2 is 2.09 bits per heavy atom. The molecule has 6 heteroatoms. The highest BCUT2D eigenvalue weighted by molar-refractivity contribution is 5.94. The van der Waals surface area contributed by atoms with Crippen LogP contribution in [0, 0.1) is 5.82 Å². The number of hydrogen-bond donors (Lipinski definition) is 1. The molecule has 0 spiro atoms. The smallest absolute Gasteiger partial charge is 0.254 e. The van der Waals surface area contributed by atoms with E-state index in [0.717, 1.165) is 16.8 Å². The van der Waals surface area contributed by atoms with Crippen molar-refractivity contribution in [1.82, 2.24) is 20.1 Å². The minimum absolute atomic E-state index is 0.0271. The van der Waals surface area contributed by atoms with Crippen molar-refractivity contribution in [1.29, 1.82) is 0 Å². The molecule has 3 aromatic rings. The summed E-state index contributed by atoms with van der Waals surface area (Å²) in [6.07, 6.45) is 5.25. The molecular formula is C17H15FN4O. The molecule has 0 saturated heterocycles. The third-order valence-electron chi connectivity index (χ3n) is 3.43. The summed E-state index contributed by atoms with van der Waals surface area (Å²) < 4.78 is 15.3. The number of halogens is 1. The molecule has 0 aliphatic carbocycles. The van der Waals surface area contributed by atoms with Gasteiger partial charge in [0.2, 0.25) is 0 Å². The van der Waals surface area contributed by atoms with E-state index in [9.17, 15) is 9.18 Å². The molecule has 0 bridgehead atoms. The summed E-state index contributed by atoms with van der Waals surface area (Å²) in [7, 11) is 1.83. The lowest BCUT2D eigenvalue weighted by atomic mass is 10.1. The first-order valence-electron chi connectivity index (χ1n) is 7.11. The zero-order valence-corrected chi connectivity index (χ0v) is 12.5. The van der Waals surface area contributed by atoms with Gasteiger partial charge >= 0.3 is 0 Å². The first-order valence-corrected chi connectivity index (χ1v) is 7.11. The van der Waals surface area contributed by atoms with Gasteiger partial charge in [0.25, 0.3) is 5.91 Å². The van der Waals surface area contributed by atoms with E-state index >= 15 is 0 Å². The second-order valence-electron chi connectivity index (χ2n) is 5.08. The van der Waals surface area contributed by atoms with Gasteiger partial charge in [-0.3, -0.25) is 14.5 Å². The summed E-state index contributed by atoms with van der Waals surface area (Å²) in [5.41, 5.74) is 2.47. The number of rotatable bonds is 4. The highest BCUT2D eigenvalue weighted by atomic mass is 19.1. The highest BCUT2D eigenvalue weighted by Gasteiger charge is 2.13. The molecule has 23 heavy (non-hydrogen) atoms. The van der Waals surface area contributed by atoms with E-state index in [1.165, 1.54) is 12.1 Å². The van der Waals surface area contributed by atoms with Gasteiger partial charge in [-0.05, 0) is 23.8 Å². The minimum Gasteiger partial charge on any atom is -0.348 e. The summed E-state index contributed by atoms with van der Waals surface area (Å²) in [6.45, 7) is 0.255. The largest absolute Gasteiger partial charge is 0.348 e. The molecule has 0 atom stereocenters. The van der Waals surface area contributed by atoms with Crippen LogP contribution < -0.4 is 5.32 Å². The molecule has 1 amide bonds. The molecule has 2 aromatic heterocycles. The summed E-state index contributed by atoms with van der Waals surface area (Å²) >= 11 is 0. The fourth-order valence-corrected chi connectivity index (χ4v) is 2.30. The molecule has 0 fully saturated rings. The van der Waals surface area contributed by atoms with Crippen LogP contribution in [0.1, 0.15) is 15.9 Å². The number of benzene rings is 1. The van der Waals surface area contributed by atoms with Crippen molar-refractivity contribution in [3.05, 3.63) is 71.9 Å². The second-order valence-corrected chi connectivity index (χ2v) is 5.08. The quantitative estimate of drug-likeness (QED) is 0.805. The van der Waals surface area contributed by atoms with Crippen LogP contribution >= 0.6 is 0 Å². The van der Waals surface area contributed by atoms with Gasteiger partial charge in [0, 0.05) is 31.5 Å². The number of aromatic nitrogens is 3. The molecule has 116 valence electrons. The molecule has 2 heterocycles. The third-order valence-corrected chi connectivity index (χ3v) is 3.43. The molecule has 0 saturated carbocycles. The zero-order valence-electron chi connectivity index (χ0n) is 12.5. The molecule has 0 radical (unpaired) electrons. The highest BCUT2D eigenvalue weighted by Crippen LogP contribution is 2.20. The van der Waals surface area contributed by atoms with Crippen molar-refractivity contribution in [2.24, 2.45) is 7.05 Å². The van der Waals surface area contributed by atoms with E-state index in [1.807, 2.05) is 19.3 Å². The Morgan fingerprint density at radius 1 is 1.26 bits per heavy atom. The maximum Gasteiger partial charge on any atom is 0.254 e. The first kappa shape index (κ1) is 14.9. The van der Waals surface area contributed by atoms with E-state index in [1.54, 1.807) is 35.3 Å². The maximum absolute atomic E-state index is 13.6. The normalized spacial score (nSPS) is 10.5. The van der Waals surface area contributed by atoms with Crippen molar-refractivity contribution >= 4 is 5.91 Å². The Kier molecular flexibility index (Phi) is 4.14. The molecule has 0 unspecified atom stereocenters. The van der Waals surface area contributed by atoms with Crippen molar-refractivity contribution in [2.75, 3.05) is 0 Å². The molecule has 1 aromatic carbocycles. The van der Waals surface area contributed by atoms with Gasteiger partial charge in [0.05, 0.1) is 17.5 Å². The van der Waals surface area contributed by atoms with Crippen LogP contribution in [0.3, 0.4) is 0 Å². The molecule has 3 rings (SSSR count). The van der Waals surface area contributed by atoms with Crippen molar-refractivity contribution in [3.63, 3.8) is 0 Å². The number of amides is 1. The van der Waals surface area contributed by atoms with E-state index in [-0.39, 0.29) is 12.1 Å². The number of hydrogen-bond acceptors (Lipinski definition) is 3. The maximum atomic E-state index is 13.6. The SMILES string of the molecule is Cn1cc(-c2ncccc2CNC(=O)c2ccccc2F)cn1. The van der Waals surface area contributed by atoms with Crippen molar-refractivity contribution in [2.45, 2.75) is 6.54 Å². The molecule has 0 aliphatic heterocycles. The van der Waals surface area contributed by atoms with Crippen LogP contribution in [0.25, 0.3) is 11.3 Å². The Balaban J connectivity index is 1.79. The summed E-state index contributed by atoms with van der Waals surface area (Å²) in [5, 5.41) is 6.86. The topological polar surface area (TPSA) is 59.8 Å². The number of nitrogens with one attached hydrogen (secondary N) is 1. The minimum atomic E-state index is -0.538. The average molecular weight is 310 g/mol. The lowest BCUT2D eigenvalue weighted by Crippen LogP contribution is -2.24. The predicted molar refractivity (Wildman–Crippen MR) is 84.0 cm³/mol. The number of carbonyl (C=O) groups is 1. The van der Waals surface area contributed by atoms with Gasteiger partial charge in [0.1, 0.15) is 5.82 Å². The summed E-state index contributed by atoms with van der Waals surface area (Å²) in [6, 6.07) is 9.56. The fraction of sp³-hybridized carbons (Fsp3) is 0.118. The second kappa shape index (κ2) is 6.39. The first-order chi connectivity index (χ1) is 11.1. The predicted octanol–water partition coefficient (Wildman–Crippen LogP) is 2.55. The monoisotopic (exact) mass is 310 g/mol. The Bertz CT molecular complexity index is 844. The van der Waals surface area contributed by atoms with Crippen LogP contribution in [-0.4, -0.2) is 20.7 Å². The lowest BCUT2D eigenvalue weighted by Gasteiger charge is -2.09. The van der Waals surface area contributed by atoms with Gasteiger partial charge in [-0.1, -0.05) is 18.2 Å². The molecule has 0 aliphatic rings. The standard InChI is InChI=1S/C17H15FN4O/c1-22-11-13(10-21-22)16-12(5-4-8-19-16)9-20-17(23)14-6-2-3-7-15(14)18/h2-8,10-11H,9H2,1H3,(H,20,23). The van der Waals surface area contributed by atoms with Crippen LogP contribution in [0.15, 0.2) is 55.0 Å². The van der Waals surface area contributed by atoms with Gasteiger partial charge in [-0.15, -0.1) is 0 Å². The Morgan fingerprint density at radius 3 is 2.83 bits per heavy atom. The van der Waals surface area contributed by atoms with Crippen LogP contribution in [-0.2, 0) is 13.6 Å². The van der Waals surface area contributed by atoms with E-state index in [4.69, 9.17) is 0 Å². The zero-order chi connectivity index (χ0) is 16.2. The van der Waals surface area contributed by atoms with Crippen LogP contribution in [0.4, 0.5) is 4.39 Å². The van der Waals surface area contributed by atoms with Crippen molar-refractivity contribution < 1.29 is 9.18 Å². The molecular weight excluding hydrogens is 295 g/mol. The lowest BCUT2D eigenvalue weighted by molar-refractivity contribution is 0.0947. The Labute approximate surface area is 132 Å². The number of pyridine rings is 1. The van der Waals surface area contributed by atoms with Gasteiger partial charge in [0.15, 0.2) is 0 Å². The van der Waals surface area contributed by atoms with E-state index in [0.29, 0.717) is 0 Å². The van der Waals surface area contributed by atoms with Crippen LogP contribution in [0.2, 0.25) is 0 Å². The summed E-state index contributed by atoms with van der Waals surface area (Å²) in [4.78, 5) is 16.5. The van der Waals surface area contributed by atoms with Crippen LogP contribution in [0.5, 0.6) is 0 Å². The average Bonchev–Trinajstić information content (AvgIpc) is 2.99. The molecule has 1 N–H and O–H groups in total. The number of aryl methyl sites for hydroxylation is 1. The fourth-order valence-electron chi connectivity index (χ4n) is 2.30. The Hall–Kier alpha value is -3.02. The van der Waals surface area contributed by atoms with E-state index < -0.39 is 11.7 Å². The van der Waals surface area contributed by atoms with Crippen molar-refractivity contribution in [3.8, 4) is 11.3 Å². The van der Waals surface area contributed by atoms with Gasteiger partial charge in [-0.25, -0.2) is 4.39 Å². The third kappa shape index (κ3) is 3.26. The van der Waals surface area contributed by atoms with Gasteiger partial charge in [-0.2, -0.15) is 5.10 Å². The molecule has 5 nitrogen and oxygen atoms in total. The van der Waals surface area contributed by atoms with Gasteiger partial charge < -0.3 is 5.32 Å². The summed E-state index contributed by atoms with van der Waals surface area (Å²) in [5.74, 6) is -0.993. The number of nitrogens with zero attached hydrogens (tertiary/aromatic N) is 3. The number of carbonyl (C=O) groups excluding carboxylic acids is 1. The van der Waals surface area contributed by atoms with E-state index in [2.05, 4.69) is 15.4 Å².